The van der Waals surface area contributed by atoms with Gasteiger partial charge in [0.1, 0.15) is 5.82 Å². The van der Waals surface area contributed by atoms with Gasteiger partial charge in [-0.15, -0.1) is 0 Å². The van der Waals surface area contributed by atoms with Gasteiger partial charge in [0, 0.05) is 50.4 Å². The number of amides is 1. The number of aryl methyl sites for hydroxylation is 1. The molecule has 6 heteroatoms. The highest BCUT2D eigenvalue weighted by molar-refractivity contribution is 6.03. The maximum atomic E-state index is 12.4. The maximum absolute atomic E-state index is 12.4. The predicted molar refractivity (Wildman–Crippen MR) is 92.8 cm³/mol. The van der Waals surface area contributed by atoms with E-state index in [-0.39, 0.29) is 5.91 Å². The predicted octanol–water partition coefficient (Wildman–Crippen LogP) is 1.61. The summed E-state index contributed by atoms with van der Waals surface area (Å²) in [5.74, 6) is 0.602. The molecule has 0 unspecified atom stereocenters. The SMILES string of the molecule is Cn1nccc1NC(=O)c1cccc(CN2C[C@H]3CC[C@@H](C2)N3)c1. The number of anilines is 1. The lowest BCUT2D eigenvalue weighted by molar-refractivity contribution is 0.102. The second-order valence-corrected chi connectivity index (χ2v) is 6.83. The van der Waals surface area contributed by atoms with Gasteiger partial charge in [-0.3, -0.25) is 14.4 Å². The molecule has 6 nitrogen and oxygen atoms in total. The minimum absolute atomic E-state index is 0.0965. The van der Waals surface area contributed by atoms with Gasteiger partial charge in [0.25, 0.3) is 5.91 Å². The molecule has 1 amide bonds. The lowest BCUT2D eigenvalue weighted by Crippen LogP contribution is -2.50. The van der Waals surface area contributed by atoms with Gasteiger partial charge < -0.3 is 10.6 Å². The van der Waals surface area contributed by atoms with E-state index in [4.69, 9.17) is 0 Å². The zero-order chi connectivity index (χ0) is 16.5. The Balaban J connectivity index is 1.43. The zero-order valence-electron chi connectivity index (χ0n) is 13.9. The smallest absolute Gasteiger partial charge is 0.256 e. The Hall–Kier alpha value is -2.18. The molecule has 4 rings (SSSR count). The first-order valence-corrected chi connectivity index (χ1v) is 8.54. The molecule has 1 aromatic heterocycles. The lowest BCUT2D eigenvalue weighted by Gasteiger charge is -2.32. The van der Waals surface area contributed by atoms with Gasteiger partial charge in [0.2, 0.25) is 0 Å². The highest BCUT2D eigenvalue weighted by atomic mass is 16.1. The second kappa shape index (κ2) is 6.37. The molecular formula is C18H23N5O. The van der Waals surface area contributed by atoms with E-state index in [2.05, 4.69) is 26.7 Å². The fourth-order valence-electron chi connectivity index (χ4n) is 3.77. The molecule has 2 bridgehead atoms. The van der Waals surface area contributed by atoms with Crippen LogP contribution in [-0.2, 0) is 13.6 Å². The molecular weight excluding hydrogens is 302 g/mol. The summed E-state index contributed by atoms with van der Waals surface area (Å²) in [6.07, 6.45) is 4.24. The van der Waals surface area contributed by atoms with Crippen LogP contribution in [0.25, 0.3) is 0 Å². The third kappa shape index (κ3) is 3.20. The van der Waals surface area contributed by atoms with Crippen molar-refractivity contribution < 1.29 is 4.79 Å². The number of rotatable bonds is 4. The molecule has 2 fully saturated rings. The molecule has 0 saturated carbocycles. The molecule has 1 aromatic carbocycles. The minimum Gasteiger partial charge on any atom is -0.309 e. The topological polar surface area (TPSA) is 62.2 Å². The summed E-state index contributed by atoms with van der Waals surface area (Å²) in [4.78, 5) is 14.9. The normalized spacial score (nSPS) is 23.4. The molecule has 2 saturated heterocycles. The monoisotopic (exact) mass is 325 g/mol. The van der Waals surface area contributed by atoms with Crippen LogP contribution in [0.3, 0.4) is 0 Å². The van der Waals surface area contributed by atoms with Crippen molar-refractivity contribution in [1.82, 2.24) is 20.0 Å². The molecule has 126 valence electrons. The van der Waals surface area contributed by atoms with Crippen LogP contribution in [0.15, 0.2) is 36.5 Å². The largest absolute Gasteiger partial charge is 0.309 e. The molecule has 0 spiro atoms. The molecule has 0 radical (unpaired) electrons. The summed E-state index contributed by atoms with van der Waals surface area (Å²) in [6, 6.07) is 11.0. The minimum atomic E-state index is -0.0965. The van der Waals surface area contributed by atoms with Crippen LogP contribution in [0.5, 0.6) is 0 Å². The number of likely N-dealkylation sites (tertiary alicyclic amines) is 1. The van der Waals surface area contributed by atoms with E-state index < -0.39 is 0 Å². The van der Waals surface area contributed by atoms with Crippen molar-refractivity contribution in [2.75, 3.05) is 18.4 Å². The van der Waals surface area contributed by atoms with Crippen molar-refractivity contribution in [3.05, 3.63) is 47.7 Å². The number of hydrogen-bond acceptors (Lipinski definition) is 4. The highest BCUT2D eigenvalue weighted by Gasteiger charge is 2.31. The van der Waals surface area contributed by atoms with Gasteiger partial charge >= 0.3 is 0 Å². The standard InChI is InChI=1S/C18H23N5O/c1-22-17(7-8-19-22)21-18(24)14-4-2-3-13(9-14)10-23-11-15-5-6-16(12-23)20-15/h2-4,7-9,15-16,20H,5-6,10-12H2,1H3,(H,21,24)/t15-,16+. The van der Waals surface area contributed by atoms with Crippen LogP contribution >= 0.6 is 0 Å². The van der Waals surface area contributed by atoms with Crippen molar-refractivity contribution in [1.29, 1.82) is 0 Å². The summed E-state index contributed by atoms with van der Waals surface area (Å²) in [5.41, 5.74) is 1.88. The highest BCUT2D eigenvalue weighted by Crippen LogP contribution is 2.21. The summed E-state index contributed by atoms with van der Waals surface area (Å²) in [7, 11) is 1.81. The van der Waals surface area contributed by atoms with Crippen LogP contribution in [0.4, 0.5) is 5.82 Å². The average molecular weight is 325 g/mol. The van der Waals surface area contributed by atoms with Gasteiger partial charge in [0.15, 0.2) is 0 Å². The Bertz CT molecular complexity index is 729. The zero-order valence-corrected chi connectivity index (χ0v) is 13.9. The van der Waals surface area contributed by atoms with Crippen LogP contribution < -0.4 is 10.6 Å². The molecule has 2 aliphatic heterocycles. The van der Waals surface area contributed by atoms with Crippen molar-refractivity contribution >= 4 is 11.7 Å². The maximum Gasteiger partial charge on any atom is 0.256 e. The first kappa shape index (κ1) is 15.4. The van der Waals surface area contributed by atoms with Gasteiger partial charge in [-0.2, -0.15) is 5.10 Å². The second-order valence-electron chi connectivity index (χ2n) is 6.83. The number of fused-ring (bicyclic) bond motifs is 2. The summed E-state index contributed by atoms with van der Waals surface area (Å²) in [5, 5.41) is 10.6. The van der Waals surface area contributed by atoms with E-state index in [0.29, 0.717) is 23.5 Å². The lowest BCUT2D eigenvalue weighted by atomic mass is 10.1. The van der Waals surface area contributed by atoms with Crippen LogP contribution in [-0.4, -0.2) is 45.8 Å². The summed E-state index contributed by atoms with van der Waals surface area (Å²) >= 11 is 0. The Morgan fingerprint density at radius 3 is 2.79 bits per heavy atom. The number of benzene rings is 1. The number of carbonyl (C=O) groups is 1. The first-order valence-electron chi connectivity index (χ1n) is 8.54. The Morgan fingerprint density at radius 2 is 2.08 bits per heavy atom. The van der Waals surface area contributed by atoms with Crippen molar-refractivity contribution in [2.24, 2.45) is 7.05 Å². The molecule has 2 atom stereocenters. The summed E-state index contributed by atoms with van der Waals surface area (Å²) < 4.78 is 1.65. The number of aromatic nitrogens is 2. The van der Waals surface area contributed by atoms with Gasteiger partial charge in [-0.25, -0.2) is 0 Å². The van der Waals surface area contributed by atoms with Crippen LogP contribution in [0, 0.1) is 0 Å². The fraction of sp³-hybridized carbons (Fsp3) is 0.444. The number of nitrogens with zero attached hydrogens (tertiary/aromatic N) is 3. The van der Waals surface area contributed by atoms with Crippen LogP contribution in [0.2, 0.25) is 0 Å². The third-order valence-electron chi connectivity index (χ3n) is 4.95. The molecule has 2 aliphatic rings. The van der Waals surface area contributed by atoms with E-state index in [1.54, 1.807) is 16.9 Å². The van der Waals surface area contributed by atoms with Crippen molar-refractivity contribution in [3.8, 4) is 0 Å². The van der Waals surface area contributed by atoms with Gasteiger partial charge in [0.05, 0.1) is 6.20 Å². The first-order chi connectivity index (χ1) is 11.7. The Labute approximate surface area is 141 Å². The number of carbonyl (C=O) groups excluding carboxylic acids is 1. The Morgan fingerprint density at radius 1 is 1.29 bits per heavy atom. The van der Waals surface area contributed by atoms with Gasteiger partial charge in [-0.05, 0) is 30.5 Å². The number of piperazine rings is 1. The van der Waals surface area contributed by atoms with E-state index in [0.717, 1.165) is 19.6 Å². The quantitative estimate of drug-likeness (QED) is 0.896. The number of nitrogens with one attached hydrogen (secondary N) is 2. The number of hydrogen-bond donors (Lipinski definition) is 2. The summed E-state index contributed by atoms with van der Waals surface area (Å²) in [6.45, 7) is 3.10. The van der Waals surface area contributed by atoms with E-state index in [1.807, 2.05) is 25.2 Å². The van der Waals surface area contributed by atoms with Crippen molar-refractivity contribution in [3.63, 3.8) is 0 Å². The Kier molecular flexibility index (Phi) is 4.08. The van der Waals surface area contributed by atoms with Crippen molar-refractivity contribution in [2.45, 2.75) is 31.5 Å². The molecule has 3 heterocycles. The molecule has 2 aromatic rings. The van der Waals surface area contributed by atoms with E-state index in [9.17, 15) is 4.79 Å². The fourth-order valence-corrected chi connectivity index (χ4v) is 3.77. The molecule has 2 N–H and O–H groups in total. The average Bonchev–Trinajstić information content (AvgIpc) is 3.13. The molecule has 0 aliphatic carbocycles. The molecule has 24 heavy (non-hydrogen) atoms. The van der Waals surface area contributed by atoms with Crippen LogP contribution in [0.1, 0.15) is 28.8 Å². The van der Waals surface area contributed by atoms with E-state index in [1.165, 1.54) is 18.4 Å². The van der Waals surface area contributed by atoms with E-state index >= 15 is 0 Å². The van der Waals surface area contributed by atoms with Gasteiger partial charge in [-0.1, -0.05) is 12.1 Å². The third-order valence-corrected chi connectivity index (χ3v) is 4.95.